The number of hydrogen-bond donors (Lipinski definition) is 0. The normalized spacial score (nSPS) is 11.2. The molecule has 0 aromatic carbocycles. The first-order valence-electron chi connectivity index (χ1n) is 4.94. The molecular weight excluding hydrogens is 208 g/mol. The van der Waals surface area contributed by atoms with E-state index in [1.54, 1.807) is 20.8 Å². The third-order valence-electron chi connectivity index (χ3n) is 2.23. The van der Waals surface area contributed by atoms with Crippen LogP contribution in [-0.2, 0) is 11.2 Å². The van der Waals surface area contributed by atoms with Gasteiger partial charge in [0.2, 0.25) is 0 Å². The maximum absolute atomic E-state index is 11.7. The average molecular weight is 222 g/mol. The molecule has 0 saturated carbocycles. The zero-order valence-electron chi connectivity index (χ0n) is 9.56. The topological polar surface area (TPSA) is 73.1 Å². The van der Waals surface area contributed by atoms with E-state index in [4.69, 9.17) is 0 Å². The Balaban J connectivity index is 2.98. The molecule has 0 fully saturated rings. The zero-order chi connectivity index (χ0) is 12.3. The van der Waals surface area contributed by atoms with Crippen LogP contribution in [-0.4, -0.2) is 15.7 Å². The molecule has 0 saturated heterocycles. The lowest BCUT2D eigenvalue weighted by atomic mass is 9.88. The molecule has 0 spiro atoms. The average Bonchev–Trinajstić information content (AvgIpc) is 2.16. The van der Waals surface area contributed by atoms with Crippen LogP contribution in [0.2, 0.25) is 0 Å². The summed E-state index contributed by atoms with van der Waals surface area (Å²) in [5, 5.41) is 10.7. The Morgan fingerprint density at radius 3 is 2.62 bits per heavy atom. The van der Waals surface area contributed by atoms with Gasteiger partial charge in [0, 0.05) is 17.7 Å². The van der Waals surface area contributed by atoms with Gasteiger partial charge in [-0.25, -0.2) is 0 Å². The highest BCUT2D eigenvalue weighted by molar-refractivity contribution is 5.86. The first-order chi connectivity index (χ1) is 7.32. The van der Waals surface area contributed by atoms with Crippen LogP contribution in [0.25, 0.3) is 0 Å². The molecule has 0 aliphatic rings. The largest absolute Gasteiger partial charge is 0.299 e. The molecule has 0 aliphatic heterocycles. The number of aromatic nitrogens is 1. The van der Waals surface area contributed by atoms with Gasteiger partial charge < -0.3 is 0 Å². The van der Waals surface area contributed by atoms with Crippen LogP contribution in [0.5, 0.6) is 0 Å². The minimum Gasteiger partial charge on any atom is -0.299 e. The van der Waals surface area contributed by atoms with Crippen molar-refractivity contribution in [3.63, 3.8) is 0 Å². The van der Waals surface area contributed by atoms with Crippen molar-refractivity contribution in [2.45, 2.75) is 27.2 Å². The molecular formula is C11H14N2O3. The van der Waals surface area contributed by atoms with Crippen molar-refractivity contribution >= 4 is 11.5 Å². The van der Waals surface area contributed by atoms with Gasteiger partial charge in [0.1, 0.15) is 11.5 Å². The van der Waals surface area contributed by atoms with Crippen LogP contribution in [0.15, 0.2) is 18.3 Å². The molecule has 0 radical (unpaired) electrons. The fraction of sp³-hybridized carbons (Fsp3) is 0.455. The SMILES string of the molecule is CC(C)(C)C(=O)Cc1ncccc1[N+](=O)[O-]. The van der Waals surface area contributed by atoms with E-state index in [-0.39, 0.29) is 23.6 Å². The van der Waals surface area contributed by atoms with Crippen LogP contribution < -0.4 is 0 Å². The summed E-state index contributed by atoms with van der Waals surface area (Å²) in [5.41, 5.74) is -0.377. The molecule has 1 rings (SSSR count). The highest BCUT2D eigenvalue weighted by atomic mass is 16.6. The van der Waals surface area contributed by atoms with E-state index in [1.165, 1.54) is 18.3 Å². The Morgan fingerprint density at radius 1 is 1.50 bits per heavy atom. The number of rotatable bonds is 3. The van der Waals surface area contributed by atoms with Gasteiger partial charge in [-0.05, 0) is 6.07 Å². The summed E-state index contributed by atoms with van der Waals surface area (Å²) in [5.74, 6) is -0.0608. The Kier molecular flexibility index (Phi) is 3.37. The summed E-state index contributed by atoms with van der Waals surface area (Å²) in [6.45, 7) is 5.35. The van der Waals surface area contributed by atoms with Crippen LogP contribution in [0.1, 0.15) is 26.5 Å². The van der Waals surface area contributed by atoms with Crippen LogP contribution in [0, 0.1) is 15.5 Å². The number of carbonyl (C=O) groups is 1. The van der Waals surface area contributed by atoms with E-state index in [9.17, 15) is 14.9 Å². The first kappa shape index (κ1) is 12.3. The van der Waals surface area contributed by atoms with Crippen molar-refractivity contribution in [3.8, 4) is 0 Å². The number of pyridine rings is 1. The van der Waals surface area contributed by atoms with E-state index >= 15 is 0 Å². The molecule has 86 valence electrons. The Hall–Kier alpha value is -1.78. The van der Waals surface area contributed by atoms with Crippen molar-refractivity contribution in [1.29, 1.82) is 0 Å². The van der Waals surface area contributed by atoms with Crippen molar-refractivity contribution in [1.82, 2.24) is 4.98 Å². The van der Waals surface area contributed by atoms with E-state index < -0.39 is 10.3 Å². The van der Waals surface area contributed by atoms with Gasteiger partial charge in [0.25, 0.3) is 5.69 Å². The number of ketones is 1. The predicted octanol–water partition coefficient (Wildman–Crippen LogP) is 2.15. The van der Waals surface area contributed by atoms with E-state index in [2.05, 4.69) is 4.98 Å². The van der Waals surface area contributed by atoms with Gasteiger partial charge in [-0.15, -0.1) is 0 Å². The lowest BCUT2D eigenvalue weighted by molar-refractivity contribution is -0.385. The van der Waals surface area contributed by atoms with E-state index in [1.807, 2.05) is 0 Å². The maximum atomic E-state index is 11.7. The Labute approximate surface area is 93.7 Å². The predicted molar refractivity (Wildman–Crippen MR) is 59.1 cm³/mol. The molecule has 5 heteroatoms. The van der Waals surface area contributed by atoms with Crippen molar-refractivity contribution in [3.05, 3.63) is 34.1 Å². The molecule has 0 N–H and O–H groups in total. The third-order valence-corrected chi connectivity index (χ3v) is 2.23. The summed E-state index contributed by atoms with van der Waals surface area (Å²) in [7, 11) is 0. The highest BCUT2D eigenvalue weighted by Crippen LogP contribution is 2.21. The van der Waals surface area contributed by atoms with Gasteiger partial charge in [0.05, 0.1) is 11.3 Å². The molecule has 1 heterocycles. The lowest BCUT2D eigenvalue weighted by Crippen LogP contribution is -2.22. The van der Waals surface area contributed by atoms with Crippen molar-refractivity contribution < 1.29 is 9.72 Å². The monoisotopic (exact) mass is 222 g/mol. The number of nitro groups is 1. The fourth-order valence-corrected chi connectivity index (χ4v) is 1.15. The second-order valence-corrected chi connectivity index (χ2v) is 4.58. The molecule has 0 amide bonds. The molecule has 0 unspecified atom stereocenters. The van der Waals surface area contributed by atoms with Crippen LogP contribution in [0.4, 0.5) is 5.69 Å². The minimum atomic E-state index is -0.516. The van der Waals surface area contributed by atoms with E-state index in [0.29, 0.717) is 0 Å². The summed E-state index contributed by atoms with van der Waals surface area (Å²) >= 11 is 0. The molecule has 5 nitrogen and oxygen atoms in total. The summed E-state index contributed by atoms with van der Waals surface area (Å²) < 4.78 is 0. The standard InChI is InChI=1S/C11H14N2O3/c1-11(2,3)10(14)7-8-9(13(15)16)5-4-6-12-8/h4-6H,7H2,1-3H3. The summed E-state index contributed by atoms with van der Waals surface area (Å²) in [4.78, 5) is 25.8. The number of Topliss-reactive ketones (excluding diaryl/α,β-unsaturated/α-hetero) is 1. The van der Waals surface area contributed by atoms with Crippen molar-refractivity contribution in [2.75, 3.05) is 0 Å². The first-order valence-corrected chi connectivity index (χ1v) is 4.94. The summed E-state index contributed by atoms with van der Waals surface area (Å²) in [6.07, 6.45) is 1.46. The zero-order valence-corrected chi connectivity index (χ0v) is 9.56. The smallest absolute Gasteiger partial charge is 0.291 e. The van der Waals surface area contributed by atoms with Gasteiger partial charge in [-0.1, -0.05) is 20.8 Å². The van der Waals surface area contributed by atoms with E-state index in [0.717, 1.165) is 0 Å². The van der Waals surface area contributed by atoms with Gasteiger partial charge in [0.15, 0.2) is 0 Å². The summed E-state index contributed by atoms with van der Waals surface area (Å²) in [6, 6.07) is 2.85. The number of carbonyl (C=O) groups excluding carboxylic acids is 1. The quantitative estimate of drug-likeness (QED) is 0.580. The fourth-order valence-electron chi connectivity index (χ4n) is 1.15. The second kappa shape index (κ2) is 4.38. The lowest BCUT2D eigenvalue weighted by Gasteiger charge is -2.15. The molecule has 0 atom stereocenters. The third kappa shape index (κ3) is 2.85. The Bertz CT molecular complexity index is 421. The van der Waals surface area contributed by atoms with Crippen LogP contribution >= 0.6 is 0 Å². The number of nitrogens with zero attached hydrogens (tertiary/aromatic N) is 2. The molecule has 16 heavy (non-hydrogen) atoms. The van der Waals surface area contributed by atoms with Gasteiger partial charge in [-0.3, -0.25) is 19.9 Å². The maximum Gasteiger partial charge on any atom is 0.291 e. The molecule has 0 bridgehead atoms. The highest BCUT2D eigenvalue weighted by Gasteiger charge is 2.25. The second-order valence-electron chi connectivity index (χ2n) is 4.58. The van der Waals surface area contributed by atoms with Gasteiger partial charge in [-0.2, -0.15) is 0 Å². The molecule has 1 aromatic rings. The molecule has 0 aliphatic carbocycles. The van der Waals surface area contributed by atoms with Gasteiger partial charge >= 0.3 is 0 Å². The molecule has 1 aromatic heterocycles. The van der Waals surface area contributed by atoms with Crippen molar-refractivity contribution in [2.24, 2.45) is 5.41 Å². The Morgan fingerprint density at radius 2 is 2.12 bits per heavy atom. The number of hydrogen-bond acceptors (Lipinski definition) is 4. The minimum absolute atomic E-state index is 0.000648. The van der Waals surface area contributed by atoms with Crippen LogP contribution in [0.3, 0.4) is 0 Å².